The van der Waals surface area contributed by atoms with Crippen molar-refractivity contribution in [2.45, 2.75) is 66.5 Å². The van der Waals surface area contributed by atoms with E-state index in [4.69, 9.17) is 38.7 Å². The lowest BCUT2D eigenvalue weighted by Gasteiger charge is -2.32. The SMILES string of the molecule is Cc1oc(=O)oc1CN1CCCOc2ccc(cc2Cl)CN(Cc2oc(=O)oc2C)c2nc(nc(OCC(F)(F)F)n2)Nc2ccc(cc2)CNCC(C)(C)C1. The first-order valence-corrected chi connectivity index (χ1v) is 18.0. The van der Waals surface area contributed by atoms with E-state index in [0.29, 0.717) is 79.3 Å². The maximum atomic E-state index is 13.2. The van der Waals surface area contributed by atoms with Crippen LogP contribution in [0.1, 0.15) is 54.4 Å². The molecule has 3 aromatic heterocycles. The van der Waals surface area contributed by atoms with E-state index in [2.05, 4.69) is 44.3 Å². The third-order valence-electron chi connectivity index (χ3n) is 8.66. The Hall–Kier alpha value is -5.33. The Balaban J connectivity index is 1.33. The zero-order chi connectivity index (χ0) is 40.0. The average Bonchev–Trinajstić information content (AvgIpc) is 3.62. The first-order valence-electron chi connectivity index (χ1n) is 17.7. The van der Waals surface area contributed by atoms with Crippen molar-refractivity contribution in [3.63, 3.8) is 0 Å². The number of alkyl halides is 3. The number of hydrogen-bond acceptors (Lipinski definition) is 15. The molecule has 19 heteroatoms. The van der Waals surface area contributed by atoms with Crippen molar-refractivity contribution in [2.24, 2.45) is 5.41 Å². The van der Waals surface area contributed by atoms with Gasteiger partial charge in [0, 0.05) is 38.4 Å². The van der Waals surface area contributed by atoms with Crippen LogP contribution in [0, 0.1) is 19.3 Å². The average molecular weight is 804 g/mol. The molecule has 0 saturated heterocycles. The van der Waals surface area contributed by atoms with Crippen molar-refractivity contribution in [2.75, 3.05) is 43.1 Å². The smallest absolute Gasteiger partial charge is 0.492 e. The molecule has 6 bridgehead atoms. The highest BCUT2D eigenvalue weighted by Gasteiger charge is 2.30. The van der Waals surface area contributed by atoms with Crippen LogP contribution >= 0.6 is 11.6 Å². The number of anilines is 3. The number of benzene rings is 2. The Labute approximate surface area is 323 Å². The van der Waals surface area contributed by atoms with Crippen LogP contribution in [0.5, 0.6) is 11.8 Å². The van der Waals surface area contributed by atoms with Gasteiger partial charge >= 0.3 is 23.8 Å². The van der Waals surface area contributed by atoms with Crippen molar-refractivity contribution in [3.05, 3.63) is 103 Å². The zero-order valence-electron chi connectivity index (χ0n) is 31.1. The van der Waals surface area contributed by atoms with Crippen LogP contribution in [0.3, 0.4) is 0 Å². The number of aromatic nitrogens is 3. The lowest BCUT2D eigenvalue weighted by molar-refractivity contribution is -0.154. The van der Waals surface area contributed by atoms with E-state index in [1.165, 1.54) is 6.92 Å². The van der Waals surface area contributed by atoms with E-state index in [1.807, 2.05) is 12.1 Å². The van der Waals surface area contributed by atoms with Gasteiger partial charge in [-0.25, -0.2) is 9.59 Å². The molecule has 4 aliphatic heterocycles. The predicted molar refractivity (Wildman–Crippen MR) is 197 cm³/mol. The number of halogens is 4. The van der Waals surface area contributed by atoms with E-state index >= 15 is 0 Å². The molecule has 9 rings (SSSR count). The van der Waals surface area contributed by atoms with Crippen molar-refractivity contribution in [1.82, 2.24) is 25.2 Å². The summed E-state index contributed by atoms with van der Waals surface area (Å²) < 4.78 is 71.5. The second-order valence-corrected chi connectivity index (χ2v) is 14.5. The van der Waals surface area contributed by atoms with E-state index in [1.54, 1.807) is 42.2 Å². The molecule has 0 aliphatic carbocycles. The van der Waals surface area contributed by atoms with Gasteiger partial charge < -0.3 is 42.7 Å². The van der Waals surface area contributed by atoms with Crippen LogP contribution in [0.25, 0.3) is 0 Å². The molecule has 5 aromatic rings. The van der Waals surface area contributed by atoms with Gasteiger partial charge in [0.25, 0.3) is 0 Å². The summed E-state index contributed by atoms with van der Waals surface area (Å²) >= 11 is 6.70. The summed E-state index contributed by atoms with van der Waals surface area (Å²) in [5.41, 5.74) is 1.96. The molecule has 0 atom stereocenters. The highest BCUT2D eigenvalue weighted by Crippen LogP contribution is 2.29. The van der Waals surface area contributed by atoms with Crippen molar-refractivity contribution >= 4 is 29.2 Å². The zero-order valence-corrected chi connectivity index (χ0v) is 31.9. The van der Waals surface area contributed by atoms with Gasteiger partial charge in [0.05, 0.1) is 24.7 Å². The number of rotatable bonds is 6. The Kier molecular flexibility index (Phi) is 12.4. The minimum absolute atomic E-state index is 0.0481. The first kappa shape index (κ1) is 40.3. The quantitative estimate of drug-likeness (QED) is 0.190. The summed E-state index contributed by atoms with van der Waals surface area (Å²) in [6.07, 6.45) is -4.04. The van der Waals surface area contributed by atoms with E-state index in [9.17, 15) is 22.8 Å². The molecular formula is C37H41ClF3N7O8. The predicted octanol–water partition coefficient (Wildman–Crippen LogP) is 6.53. The summed E-state index contributed by atoms with van der Waals surface area (Å²) in [5.74, 6) is -0.171. The van der Waals surface area contributed by atoms with E-state index in [0.717, 1.165) is 5.56 Å². The Bertz CT molecular complexity index is 2220. The molecule has 15 nitrogen and oxygen atoms in total. The Morgan fingerprint density at radius 3 is 2.23 bits per heavy atom. The van der Waals surface area contributed by atoms with Crippen molar-refractivity contribution in [1.29, 1.82) is 0 Å². The standard InChI is InChI=1S/C37H41ClF3N7O8/c1-22-29(55-34(49)53-22)17-47-12-5-13-51-28-11-8-25(14-27(28)38)16-48(18-30-23(2)54-35(50)56-30)32-44-31(45-33(46-32)52-21-37(39,40)41)43-26-9-6-24(7-10-26)15-42-19-36(3,4)20-47/h6-11,14,42H,5,12-13,15-21H2,1-4H3,(H,43,44,45,46). The molecule has 4 aliphatic rings. The fourth-order valence-electron chi connectivity index (χ4n) is 6.07. The topological polar surface area (TPSA) is 174 Å². The van der Waals surface area contributed by atoms with Crippen molar-refractivity contribution < 1.29 is 40.3 Å². The molecule has 56 heavy (non-hydrogen) atoms. The molecule has 0 radical (unpaired) electrons. The summed E-state index contributed by atoms with van der Waals surface area (Å²) in [6, 6.07) is 11.9. The van der Waals surface area contributed by atoms with Gasteiger partial charge in [-0.05, 0) is 61.1 Å². The van der Waals surface area contributed by atoms with Crippen LogP contribution in [0.2, 0.25) is 5.02 Å². The van der Waals surface area contributed by atoms with Gasteiger partial charge in [-0.1, -0.05) is 43.6 Å². The van der Waals surface area contributed by atoms with Crippen LogP contribution in [-0.4, -0.2) is 58.9 Å². The highest BCUT2D eigenvalue weighted by molar-refractivity contribution is 6.32. The number of ether oxygens (including phenoxy) is 2. The molecular weight excluding hydrogens is 763 g/mol. The maximum Gasteiger partial charge on any atom is 0.519 e. The second kappa shape index (κ2) is 17.2. The van der Waals surface area contributed by atoms with Crippen LogP contribution in [0.15, 0.2) is 69.7 Å². The molecule has 0 spiro atoms. The minimum Gasteiger partial charge on any atom is -0.492 e. The molecule has 2 aromatic carbocycles. The normalized spacial score (nSPS) is 16.0. The lowest BCUT2D eigenvalue weighted by Crippen LogP contribution is -2.40. The molecule has 300 valence electrons. The monoisotopic (exact) mass is 803 g/mol. The maximum absolute atomic E-state index is 13.2. The van der Waals surface area contributed by atoms with Crippen LogP contribution in [-0.2, 0) is 26.2 Å². The number of nitrogens with one attached hydrogen (secondary N) is 2. The van der Waals surface area contributed by atoms with Gasteiger partial charge in [0.15, 0.2) is 18.1 Å². The van der Waals surface area contributed by atoms with Crippen LogP contribution < -0.4 is 36.7 Å². The molecule has 7 heterocycles. The summed E-state index contributed by atoms with van der Waals surface area (Å²) in [4.78, 5) is 40.3. The largest absolute Gasteiger partial charge is 0.519 e. The number of nitrogens with zero attached hydrogens (tertiary/aromatic N) is 5. The molecule has 0 saturated carbocycles. The molecule has 0 fully saturated rings. The number of aryl methyl sites for hydroxylation is 2. The molecule has 0 unspecified atom stereocenters. The lowest BCUT2D eigenvalue weighted by atomic mass is 9.92. The van der Waals surface area contributed by atoms with Gasteiger partial charge in [-0.2, -0.15) is 28.1 Å². The third kappa shape index (κ3) is 11.4. The van der Waals surface area contributed by atoms with Gasteiger partial charge in [-0.3, -0.25) is 4.90 Å². The number of hydrogen-bond donors (Lipinski definition) is 2. The third-order valence-corrected chi connectivity index (χ3v) is 8.96. The summed E-state index contributed by atoms with van der Waals surface area (Å²) in [6.45, 7) is 8.99. The fourth-order valence-corrected chi connectivity index (χ4v) is 6.33. The van der Waals surface area contributed by atoms with Gasteiger partial charge in [0.2, 0.25) is 11.9 Å². The first-order chi connectivity index (χ1) is 26.6. The summed E-state index contributed by atoms with van der Waals surface area (Å²) in [7, 11) is 0. The minimum atomic E-state index is -4.66. The van der Waals surface area contributed by atoms with Gasteiger partial charge in [-0.15, -0.1) is 0 Å². The second-order valence-electron chi connectivity index (χ2n) is 14.1. The Morgan fingerprint density at radius 1 is 0.911 bits per heavy atom. The fraction of sp³-hybridized carbons (Fsp3) is 0.432. The molecule has 0 amide bonds. The van der Waals surface area contributed by atoms with Crippen molar-refractivity contribution in [3.8, 4) is 11.8 Å². The Morgan fingerprint density at radius 2 is 1.59 bits per heavy atom. The van der Waals surface area contributed by atoms with E-state index in [-0.39, 0.29) is 41.9 Å². The summed E-state index contributed by atoms with van der Waals surface area (Å²) in [5, 5.41) is 6.85. The van der Waals surface area contributed by atoms with E-state index < -0.39 is 30.4 Å². The van der Waals surface area contributed by atoms with Crippen LogP contribution in [0.4, 0.5) is 30.8 Å². The van der Waals surface area contributed by atoms with Gasteiger partial charge in [0.1, 0.15) is 17.3 Å². The molecule has 2 N–H and O–H groups in total. The highest BCUT2D eigenvalue weighted by atomic mass is 35.5.